The molecule has 2 aliphatic heterocycles. The lowest BCUT2D eigenvalue weighted by Crippen LogP contribution is -2.49. The minimum atomic E-state index is 0.512. The van der Waals surface area contributed by atoms with Crippen LogP contribution in [0.5, 0.6) is 0 Å². The van der Waals surface area contributed by atoms with Gasteiger partial charge in [0.25, 0.3) is 0 Å². The lowest BCUT2D eigenvalue weighted by atomic mass is 9.93. The highest BCUT2D eigenvalue weighted by Crippen LogP contribution is 2.38. The van der Waals surface area contributed by atoms with Gasteiger partial charge in [-0.25, -0.2) is 0 Å². The number of likely N-dealkylation sites (tertiary alicyclic amines) is 1. The van der Waals surface area contributed by atoms with Crippen molar-refractivity contribution in [2.24, 2.45) is 0 Å². The van der Waals surface area contributed by atoms with E-state index in [1.165, 1.54) is 24.9 Å². The highest BCUT2D eigenvalue weighted by molar-refractivity contribution is 6.33. The van der Waals surface area contributed by atoms with Crippen molar-refractivity contribution in [3.8, 4) is 17.3 Å². The number of hydrogen-bond donors (Lipinski definition) is 0. The summed E-state index contributed by atoms with van der Waals surface area (Å²) in [6.07, 6.45) is 4.61. The van der Waals surface area contributed by atoms with Gasteiger partial charge in [0.1, 0.15) is 0 Å². The zero-order valence-corrected chi connectivity index (χ0v) is 17.6. The number of anilines is 1. The third-order valence-electron chi connectivity index (χ3n) is 6.11. The second kappa shape index (κ2) is 7.69. The van der Waals surface area contributed by atoms with E-state index in [0.29, 0.717) is 16.6 Å². The van der Waals surface area contributed by atoms with E-state index in [4.69, 9.17) is 16.7 Å². The largest absolute Gasteiger partial charge is 0.351 e. The first-order valence-corrected chi connectivity index (χ1v) is 10.4. The third kappa shape index (κ3) is 3.36. The van der Waals surface area contributed by atoms with Crippen LogP contribution in [0.1, 0.15) is 41.5 Å². The molecule has 2 aliphatic rings. The molecule has 0 radical (unpaired) electrons. The fourth-order valence-electron chi connectivity index (χ4n) is 4.70. The van der Waals surface area contributed by atoms with Crippen molar-refractivity contribution in [1.82, 2.24) is 15.1 Å². The van der Waals surface area contributed by atoms with Crippen molar-refractivity contribution in [2.45, 2.75) is 45.6 Å². The minimum Gasteiger partial charge on any atom is -0.351 e. The lowest BCUT2D eigenvalue weighted by molar-refractivity contribution is 0.242. The van der Waals surface area contributed by atoms with Crippen LogP contribution in [-0.2, 0) is 6.42 Å². The van der Waals surface area contributed by atoms with Crippen LogP contribution in [0.15, 0.2) is 12.1 Å². The zero-order chi connectivity index (χ0) is 19.8. The molecule has 1 aromatic carbocycles. The standard InChI is InChI=1S/C22H26ClN5/c1-14-10-16(12-24)11-19(23)20(14)21-15(2)18-7-5-9-28(22(18)26-25-21)17-6-4-8-27(3)13-17/h10-11,17H,4-9,13H2,1-3H3/t17-/m1/s1. The van der Waals surface area contributed by atoms with Crippen LogP contribution in [0, 0.1) is 25.2 Å². The maximum atomic E-state index is 9.19. The molecule has 2 aromatic rings. The Hall–Kier alpha value is -2.16. The molecular weight excluding hydrogens is 370 g/mol. The summed E-state index contributed by atoms with van der Waals surface area (Å²) >= 11 is 6.53. The Kier molecular flexibility index (Phi) is 5.27. The van der Waals surface area contributed by atoms with E-state index in [9.17, 15) is 5.26 Å². The van der Waals surface area contributed by atoms with Crippen LogP contribution in [0.25, 0.3) is 11.3 Å². The smallest absolute Gasteiger partial charge is 0.155 e. The van der Waals surface area contributed by atoms with E-state index in [-0.39, 0.29) is 0 Å². The van der Waals surface area contributed by atoms with E-state index in [2.05, 4.69) is 34.9 Å². The average Bonchev–Trinajstić information content (AvgIpc) is 2.68. The third-order valence-corrected chi connectivity index (χ3v) is 6.41. The number of fused-ring (bicyclic) bond motifs is 1. The van der Waals surface area contributed by atoms with Gasteiger partial charge in [-0.05, 0) is 76.4 Å². The highest BCUT2D eigenvalue weighted by atomic mass is 35.5. The Bertz CT molecular complexity index is 926. The summed E-state index contributed by atoms with van der Waals surface area (Å²) < 4.78 is 0. The summed E-state index contributed by atoms with van der Waals surface area (Å²) in [6, 6.07) is 6.26. The molecular formula is C22H26ClN5. The fraction of sp³-hybridized carbons (Fsp3) is 0.500. The zero-order valence-electron chi connectivity index (χ0n) is 16.8. The van der Waals surface area contributed by atoms with Crippen molar-refractivity contribution in [3.05, 3.63) is 39.4 Å². The van der Waals surface area contributed by atoms with Gasteiger partial charge in [-0.3, -0.25) is 0 Å². The topological polar surface area (TPSA) is 56.1 Å². The molecule has 1 atom stereocenters. The van der Waals surface area contributed by atoms with Crippen LogP contribution in [0.2, 0.25) is 5.02 Å². The molecule has 5 nitrogen and oxygen atoms in total. The number of aryl methyl sites for hydroxylation is 1. The summed E-state index contributed by atoms with van der Waals surface area (Å²) in [6.45, 7) is 7.43. The first kappa shape index (κ1) is 19.2. The molecule has 3 heterocycles. The maximum Gasteiger partial charge on any atom is 0.155 e. The minimum absolute atomic E-state index is 0.512. The van der Waals surface area contributed by atoms with E-state index < -0.39 is 0 Å². The molecule has 6 heteroatoms. The molecule has 4 rings (SSSR count). The van der Waals surface area contributed by atoms with Gasteiger partial charge in [0.05, 0.1) is 22.3 Å². The first-order chi connectivity index (χ1) is 13.5. The molecule has 0 saturated carbocycles. The van der Waals surface area contributed by atoms with Gasteiger partial charge < -0.3 is 9.80 Å². The van der Waals surface area contributed by atoms with E-state index in [1.807, 2.05) is 13.0 Å². The summed E-state index contributed by atoms with van der Waals surface area (Å²) in [4.78, 5) is 4.89. The second-order valence-electron chi connectivity index (χ2n) is 8.09. The predicted octanol–water partition coefficient (Wildman–Crippen LogP) is 4.13. The second-order valence-corrected chi connectivity index (χ2v) is 8.50. The number of benzene rings is 1. The summed E-state index contributed by atoms with van der Waals surface area (Å²) in [5.74, 6) is 1.05. The Balaban J connectivity index is 1.76. The Morgan fingerprint density at radius 2 is 2.00 bits per heavy atom. The Labute approximate surface area is 171 Å². The monoisotopic (exact) mass is 395 g/mol. The molecule has 1 aromatic heterocycles. The van der Waals surface area contributed by atoms with Crippen LogP contribution in [-0.4, -0.2) is 47.8 Å². The number of nitrogens with zero attached hydrogens (tertiary/aromatic N) is 5. The van der Waals surface area contributed by atoms with Crippen LogP contribution >= 0.6 is 11.6 Å². The average molecular weight is 396 g/mol. The summed E-state index contributed by atoms with van der Waals surface area (Å²) in [5, 5.41) is 19.1. The molecule has 1 fully saturated rings. The molecule has 0 spiro atoms. The number of nitriles is 1. The summed E-state index contributed by atoms with van der Waals surface area (Å²) in [7, 11) is 2.20. The lowest BCUT2D eigenvalue weighted by Gasteiger charge is -2.41. The van der Waals surface area contributed by atoms with E-state index >= 15 is 0 Å². The van der Waals surface area contributed by atoms with Gasteiger partial charge in [-0.1, -0.05) is 11.6 Å². The van der Waals surface area contributed by atoms with Gasteiger partial charge in [-0.2, -0.15) is 5.26 Å². The summed E-state index contributed by atoms with van der Waals surface area (Å²) in [5.41, 5.74) is 5.72. The molecule has 0 bridgehead atoms. The molecule has 28 heavy (non-hydrogen) atoms. The molecule has 0 N–H and O–H groups in total. The number of hydrogen-bond acceptors (Lipinski definition) is 5. The predicted molar refractivity (Wildman–Crippen MR) is 113 cm³/mol. The van der Waals surface area contributed by atoms with Crippen LogP contribution < -0.4 is 4.90 Å². The normalized spacial score (nSPS) is 20.0. The highest BCUT2D eigenvalue weighted by Gasteiger charge is 2.30. The van der Waals surface area contributed by atoms with Gasteiger partial charge in [0.15, 0.2) is 5.82 Å². The molecule has 1 saturated heterocycles. The molecule has 0 amide bonds. The fourth-order valence-corrected chi connectivity index (χ4v) is 5.06. The van der Waals surface area contributed by atoms with Crippen molar-refractivity contribution in [3.63, 3.8) is 0 Å². The van der Waals surface area contributed by atoms with Gasteiger partial charge in [0.2, 0.25) is 0 Å². The Morgan fingerprint density at radius 3 is 2.71 bits per heavy atom. The SMILES string of the molecule is Cc1cc(C#N)cc(Cl)c1-c1nnc2c(c1C)CCCN2[C@@H]1CCCN(C)C1. The molecule has 146 valence electrons. The van der Waals surface area contributed by atoms with Gasteiger partial charge in [-0.15, -0.1) is 10.2 Å². The van der Waals surface area contributed by atoms with Crippen molar-refractivity contribution < 1.29 is 0 Å². The van der Waals surface area contributed by atoms with Crippen molar-refractivity contribution >= 4 is 17.4 Å². The van der Waals surface area contributed by atoms with E-state index in [1.54, 1.807) is 6.07 Å². The van der Waals surface area contributed by atoms with Crippen molar-refractivity contribution in [1.29, 1.82) is 5.26 Å². The van der Waals surface area contributed by atoms with Crippen LogP contribution in [0.4, 0.5) is 5.82 Å². The van der Waals surface area contributed by atoms with Gasteiger partial charge >= 0.3 is 0 Å². The maximum absolute atomic E-state index is 9.19. The number of likely N-dealkylation sites (N-methyl/N-ethyl adjacent to an activating group) is 1. The quantitative estimate of drug-likeness (QED) is 0.765. The first-order valence-electron chi connectivity index (χ1n) is 10.0. The number of piperidine rings is 1. The van der Waals surface area contributed by atoms with Crippen LogP contribution in [0.3, 0.4) is 0 Å². The molecule has 0 aliphatic carbocycles. The van der Waals surface area contributed by atoms with Gasteiger partial charge in [0, 0.05) is 30.3 Å². The van der Waals surface area contributed by atoms with E-state index in [0.717, 1.165) is 54.1 Å². The van der Waals surface area contributed by atoms with Crippen molar-refractivity contribution in [2.75, 3.05) is 31.6 Å². The number of rotatable bonds is 2. The molecule has 0 unspecified atom stereocenters. The Morgan fingerprint density at radius 1 is 1.18 bits per heavy atom. The number of aromatic nitrogens is 2. The number of halogens is 1.